The van der Waals surface area contributed by atoms with Gasteiger partial charge in [0.2, 0.25) is 5.91 Å². The second kappa shape index (κ2) is 16.4. The van der Waals surface area contributed by atoms with Gasteiger partial charge in [-0.3, -0.25) is 28.6 Å². The number of thiophene rings is 1. The monoisotopic (exact) mass is 867 g/mol. The Bertz CT molecular complexity index is 2970. The van der Waals surface area contributed by atoms with Gasteiger partial charge in [-0.1, -0.05) is 23.7 Å². The molecule has 1 atom stereocenters. The number of halogens is 1. The summed E-state index contributed by atoms with van der Waals surface area (Å²) in [6.45, 7) is 14.9. The predicted octanol–water partition coefficient (Wildman–Crippen LogP) is 7.21. The minimum Gasteiger partial charge on any atom is -0.353 e. The zero-order valence-corrected chi connectivity index (χ0v) is 37.0. The topological polar surface area (TPSA) is 159 Å². The van der Waals surface area contributed by atoms with Gasteiger partial charge in [0.05, 0.1) is 29.4 Å². The second-order valence-corrected chi connectivity index (χ2v) is 17.6. The summed E-state index contributed by atoms with van der Waals surface area (Å²) in [4.78, 5) is 58.7. The fraction of sp³-hybridized carbons (Fsp3) is 0.304. The molecule has 0 radical (unpaired) electrons. The summed E-state index contributed by atoms with van der Waals surface area (Å²) in [7, 11) is 0. The highest BCUT2D eigenvalue weighted by molar-refractivity contribution is 7.15. The molecule has 7 aromatic rings. The molecule has 316 valence electrons. The summed E-state index contributed by atoms with van der Waals surface area (Å²) in [6, 6.07) is 16.9. The number of pyridine rings is 2. The number of anilines is 1. The molecule has 2 aliphatic rings. The number of nitrogens with one attached hydrogen (secondary N) is 2. The van der Waals surface area contributed by atoms with E-state index in [0.29, 0.717) is 54.7 Å². The fourth-order valence-electron chi connectivity index (χ4n) is 8.50. The van der Waals surface area contributed by atoms with E-state index in [0.717, 1.165) is 72.3 Å². The maximum atomic E-state index is 14.1. The molecule has 14 nitrogen and oxygen atoms in total. The first-order valence-corrected chi connectivity index (χ1v) is 21.9. The van der Waals surface area contributed by atoms with E-state index in [1.165, 1.54) is 4.88 Å². The number of aryl methyl sites for hydroxylation is 5. The van der Waals surface area contributed by atoms with Gasteiger partial charge in [0.1, 0.15) is 22.7 Å². The van der Waals surface area contributed by atoms with Crippen molar-refractivity contribution in [1.29, 1.82) is 0 Å². The average Bonchev–Trinajstić information content (AvgIpc) is 3.93. The Hall–Kier alpha value is -6.45. The van der Waals surface area contributed by atoms with Crippen molar-refractivity contribution in [3.05, 3.63) is 138 Å². The number of aliphatic imine (C=N–C) groups is 1. The second-order valence-electron chi connectivity index (χ2n) is 15.9. The molecule has 2 aliphatic heterocycles. The van der Waals surface area contributed by atoms with Crippen LogP contribution in [0.1, 0.15) is 79.8 Å². The van der Waals surface area contributed by atoms with Crippen LogP contribution in [-0.4, -0.2) is 83.1 Å². The third kappa shape index (κ3) is 7.49. The number of carbonyl (C=O) groups is 2. The lowest BCUT2D eigenvalue weighted by molar-refractivity contribution is -0.131. The van der Waals surface area contributed by atoms with E-state index in [9.17, 15) is 14.4 Å². The highest BCUT2D eigenvalue weighted by atomic mass is 35.5. The van der Waals surface area contributed by atoms with Crippen LogP contribution in [0.15, 0.2) is 76.8 Å². The Labute approximate surface area is 367 Å². The molecule has 0 saturated carbocycles. The molecule has 7 heterocycles. The summed E-state index contributed by atoms with van der Waals surface area (Å²) in [6.07, 6.45) is 3.68. The number of fused-ring (bicyclic) bond motifs is 4. The van der Waals surface area contributed by atoms with Crippen LogP contribution >= 0.6 is 22.9 Å². The van der Waals surface area contributed by atoms with Gasteiger partial charge in [-0.05, 0) is 101 Å². The molecule has 0 aliphatic carbocycles. The molecule has 16 heteroatoms. The molecule has 1 fully saturated rings. The lowest BCUT2D eigenvalue weighted by Gasteiger charge is -2.35. The third-order valence-corrected chi connectivity index (χ3v) is 13.4. The number of piperazine rings is 1. The van der Waals surface area contributed by atoms with Crippen molar-refractivity contribution in [2.75, 3.05) is 31.1 Å². The lowest BCUT2D eigenvalue weighted by Crippen LogP contribution is -2.49. The number of carbonyl (C=O) groups excluding carboxylic acids is 2. The minimum absolute atomic E-state index is 0.00452. The first-order valence-electron chi connectivity index (χ1n) is 20.7. The lowest BCUT2D eigenvalue weighted by atomic mass is 9.99. The smallest absolute Gasteiger partial charge is 0.253 e. The van der Waals surface area contributed by atoms with Crippen LogP contribution in [0.4, 0.5) is 5.82 Å². The summed E-state index contributed by atoms with van der Waals surface area (Å²) >= 11 is 7.98. The molecule has 2 aromatic carbocycles. The molecular formula is C46H46ClN11O3S. The first kappa shape index (κ1) is 40.9. The molecule has 0 unspecified atom stereocenters. The Morgan fingerprint density at radius 1 is 0.919 bits per heavy atom. The van der Waals surface area contributed by atoms with Gasteiger partial charge in [0.15, 0.2) is 5.82 Å². The number of H-pyrrole nitrogens is 1. The van der Waals surface area contributed by atoms with Crippen molar-refractivity contribution in [2.24, 2.45) is 4.99 Å². The number of amides is 2. The van der Waals surface area contributed by atoms with Crippen LogP contribution < -0.4 is 15.8 Å². The normalized spacial score (nSPS) is 15.0. The maximum absolute atomic E-state index is 14.1. The molecule has 2 amide bonds. The molecule has 0 bridgehead atoms. The van der Waals surface area contributed by atoms with Gasteiger partial charge >= 0.3 is 0 Å². The Balaban J connectivity index is 0.910. The number of aromatic amines is 1. The van der Waals surface area contributed by atoms with E-state index in [1.807, 2.05) is 98.1 Å². The number of nitrogens with zero attached hydrogens (tertiary/aromatic N) is 9. The number of hydrogen-bond acceptors (Lipinski definition) is 10. The van der Waals surface area contributed by atoms with Gasteiger partial charge in [-0.2, -0.15) is 5.10 Å². The van der Waals surface area contributed by atoms with Crippen molar-refractivity contribution in [3.8, 4) is 16.1 Å². The molecule has 5 aromatic heterocycles. The van der Waals surface area contributed by atoms with Crippen LogP contribution in [0.25, 0.3) is 27.0 Å². The Morgan fingerprint density at radius 3 is 2.39 bits per heavy atom. The van der Waals surface area contributed by atoms with Crippen LogP contribution in [0, 0.1) is 34.6 Å². The Kier molecular flexibility index (Phi) is 10.9. The quantitative estimate of drug-likeness (QED) is 0.154. The molecule has 9 rings (SSSR count). The standard InChI is InChI=1S/C46H46ClN11O3S/c1-7-57-38-20-32(19-34(36(38)24-50-57)44(60)49-23-35-25(2)18-26(3)51-45(35)61)31-10-13-39(48-22-31)55-14-16-56(17-15-55)40(59)21-37-43-54-53-29(6)58(43)46-41(27(4)28(5)62-46)42(52-37)30-8-11-33(47)12-9-30/h8-13,18-20,22,24,37H,7,14-17,21,23H2,1-6H3,(H,49,60)(H,51,61)/t37-/m0/s1. The van der Waals surface area contributed by atoms with Crippen molar-refractivity contribution in [1.82, 2.24) is 44.7 Å². The fourth-order valence-corrected chi connectivity index (χ4v) is 9.84. The first-order chi connectivity index (χ1) is 29.9. The third-order valence-electron chi connectivity index (χ3n) is 12.0. The van der Waals surface area contributed by atoms with Crippen LogP contribution in [0.5, 0.6) is 0 Å². The minimum atomic E-state index is -0.538. The zero-order valence-electron chi connectivity index (χ0n) is 35.4. The summed E-state index contributed by atoms with van der Waals surface area (Å²) < 4.78 is 3.93. The number of rotatable bonds is 9. The van der Waals surface area contributed by atoms with E-state index in [4.69, 9.17) is 21.6 Å². The number of benzene rings is 2. The maximum Gasteiger partial charge on any atom is 0.253 e. The van der Waals surface area contributed by atoms with E-state index < -0.39 is 6.04 Å². The molecule has 1 saturated heterocycles. The van der Waals surface area contributed by atoms with E-state index in [1.54, 1.807) is 17.5 Å². The average molecular weight is 868 g/mol. The summed E-state index contributed by atoms with van der Waals surface area (Å²) in [5.74, 6) is 1.92. The van der Waals surface area contributed by atoms with Crippen molar-refractivity contribution in [2.45, 2.75) is 67.1 Å². The summed E-state index contributed by atoms with van der Waals surface area (Å²) in [5.41, 5.74) is 8.79. The molecular weight excluding hydrogens is 822 g/mol. The Morgan fingerprint density at radius 2 is 1.68 bits per heavy atom. The van der Waals surface area contributed by atoms with Crippen molar-refractivity contribution < 1.29 is 9.59 Å². The van der Waals surface area contributed by atoms with Gasteiger partial charge in [0.25, 0.3) is 11.5 Å². The van der Waals surface area contributed by atoms with E-state index in [-0.39, 0.29) is 30.3 Å². The highest BCUT2D eigenvalue weighted by Crippen LogP contribution is 2.40. The predicted molar refractivity (Wildman–Crippen MR) is 243 cm³/mol. The SMILES string of the molecule is CCn1ncc2c(C(=O)NCc3c(C)cc(C)[nH]c3=O)cc(-c3ccc(N4CCN(C(=O)C[C@@H]5N=C(c6ccc(Cl)cc6)c6c(sc(C)c6C)-n6c(C)nnc65)CC4)nc3)cc21. The van der Waals surface area contributed by atoms with E-state index in [2.05, 4.69) is 48.9 Å². The van der Waals surface area contributed by atoms with Crippen LogP contribution in [-0.2, 0) is 17.9 Å². The molecule has 62 heavy (non-hydrogen) atoms. The van der Waals surface area contributed by atoms with Gasteiger partial charge < -0.3 is 20.1 Å². The van der Waals surface area contributed by atoms with E-state index >= 15 is 0 Å². The zero-order chi connectivity index (χ0) is 43.4. The highest BCUT2D eigenvalue weighted by Gasteiger charge is 2.34. The van der Waals surface area contributed by atoms with Crippen LogP contribution in [0.2, 0.25) is 5.02 Å². The largest absolute Gasteiger partial charge is 0.353 e. The number of hydrogen-bond donors (Lipinski definition) is 2. The number of aromatic nitrogens is 7. The van der Waals surface area contributed by atoms with Gasteiger partial charge in [-0.15, -0.1) is 21.5 Å². The van der Waals surface area contributed by atoms with Crippen molar-refractivity contribution >= 4 is 57.2 Å². The van der Waals surface area contributed by atoms with Crippen LogP contribution in [0.3, 0.4) is 0 Å². The molecule has 2 N–H and O–H groups in total. The molecule has 0 spiro atoms. The van der Waals surface area contributed by atoms with Gasteiger partial charge in [-0.25, -0.2) is 4.98 Å². The summed E-state index contributed by atoms with van der Waals surface area (Å²) in [5, 5.41) is 18.9. The van der Waals surface area contributed by atoms with Gasteiger partial charge in [0, 0.05) is 88.7 Å². The van der Waals surface area contributed by atoms with Crippen molar-refractivity contribution in [3.63, 3.8) is 0 Å².